The van der Waals surface area contributed by atoms with Gasteiger partial charge in [0.25, 0.3) is 0 Å². The van der Waals surface area contributed by atoms with Gasteiger partial charge in [-0.25, -0.2) is 0 Å². The molecule has 0 unspecified atom stereocenters. The Morgan fingerprint density at radius 3 is 1.00 bits per heavy atom. The van der Waals surface area contributed by atoms with Crippen LogP contribution in [-0.2, 0) is 19.5 Å². The van der Waals surface area contributed by atoms with Crippen LogP contribution in [0.2, 0.25) is 0 Å². The molecule has 4 heavy (non-hydrogen) atoms. The summed E-state index contributed by atoms with van der Waals surface area (Å²) in [6.45, 7) is 0. The summed E-state index contributed by atoms with van der Waals surface area (Å²) in [7, 11) is 0. The van der Waals surface area contributed by atoms with E-state index in [9.17, 15) is 0 Å². The standard InChI is InChI=1S/B.Pb.Si.Zn. The fourth-order valence-electron chi connectivity index (χ4n) is 0. The summed E-state index contributed by atoms with van der Waals surface area (Å²) >= 11 is 0. The van der Waals surface area contributed by atoms with E-state index in [-0.39, 0.29) is 66.2 Å². The van der Waals surface area contributed by atoms with Crippen LogP contribution in [0.15, 0.2) is 0 Å². The summed E-state index contributed by atoms with van der Waals surface area (Å²) in [5, 5.41) is 0. The van der Waals surface area contributed by atoms with Gasteiger partial charge in [0, 0.05) is 66.2 Å². The van der Waals surface area contributed by atoms with Gasteiger partial charge in [0.05, 0.1) is 0 Å². The van der Waals surface area contributed by atoms with Crippen LogP contribution in [0, 0.1) is 0 Å². The Balaban J connectivity index is 0. The first-order valence-electron chi connectivity index (χ1n) is 0. The van der Waals surface area contributed by atoms with E-state index in [4.69, 9.17) is 0 Å². The van der Waals surface area contributed by atoms with Crippen LogP contribution in [0.5, 0.6) is 0 Å². The van der Waals surface area contributed by atoms with Crippen molar-refractivity contribution in [1.29, 1.82) is 0 Å². The molecule has 0 saturated carbocycles. The molecule has 0 aliphatic heterocycles. The van der Waals surface area contributed by atoms with Gasteiger partial charge < -0.3 is 0 Å². The molecule has 0 aromatic carbocycles. The van der Waals surface area contributed by atoms with Crippen LogP contribution >= 0.6 is 0 Å². The first kappa shape index (κ1) is 40.7. The van der Waals surface area contributed by atoms with Crippen LogP contribution in [0.25, 0.3) is 0 Å². The Labute approximate surface area is 65.6 Å². The van der Waals surface area contributed by atoms with Crippen LogP contribution in [0.1, 0.15) is 0 Å². The quantitative estimate of drug-likeness (QED) is 0.496. The van der Waals surface area contributed by atoms with Crippen molar-refractivity contribution < 1.29 is 19.5 Å². The third-order valence-corrected chi connectivity index (χ3v) is 0. The van der Waals surface area contributed by atoms with Crippen molar-refractivity contribution in [3.05, 3.63) is 0 Å². The van der Waals surface area contributed by atoms with Crippen LogP contribution < -0.4 is 0 Å². The molecule has 0 N–H and O–H groups in total. The zero-order valence-electron chi connectivity index (χ0n) is 2.28. The van der Waals surface area contributed by atoms with E-state index in [2.05, 4.69) is 0 Å². The minimum Gasteiger partial charge on any atom is 0 e. The molecular formula is BPbSiZn. The summed E-state index contributed by atoms with van der Waals surface area (Å²) in [5.41, 5.74) is 0. The average molecular weight is 311 g/mol. The second-order valence-corrected chi connectivity index (χ2v) is 0. The smallest absolute Gasteiger partial charge is 0 e. The van der Waals surface area contributed by atoms with E-state index in [0.29, 0.717) is 0 Å². The summed E-state index contributed by atoms with van der Waals surface area (Å²) in [6, 6.07) is 0. The molecule has 0 fully saturated rings. The molecule has 0 bridgehead atoms. The van der Waals surface area contributed by atoms with Crippen LogP contribution in [-0.4, -0.2) is 46.7 Å². The first-order valence-corrected chi connectivity index (χ1v) is 0. The Bertz CT molecular complexity index is 8.00. The third-order valence-electron chi connectivity index (χ3n) is 0. The molecule has 0 amide bonds. The summed E-state index contributed by atoms with van der Waals surface area (Å²) in [5.74, 6) is 0. The maximum Gasteiger partial charge on any atom is 0 e. The molecule has 0 nitrogen and oxygen atoms in total. The van der Waals surface area contributed by atoms with Crippen molar-refractivity contribution in [3.8, 4) is 0 Å². The summed E-state index contributed by atoms with van der Waals surface area (Å²) in [6.07, 6.45) is 0. The van der Waals surface area contributed by atoms with Gasteiger partial charge >= 0.3 is 0 Å². The molecule has 4 heteroatoms. The minimum absolute atomic E-state index is 0. The molecule has 0 aliphatic rings. The number of hydrogen-bond donors (Lipinski definition) is 0. The Hall–Kier alpha value is 1.83. The Morgan fingerprint density at radius 1 is 1.00 bits per heavy atom. The first-order chi connectivity index (χ1) is 0. The van der Waals surface area contributed by atoms with Crippen LogP contribution in [0.4, 0.5) is 0 Å². The molecule has 0 heterocycles. The third kappa shape index (κ3) is 9.16. The van der Waals surface area contributed by atoms with E-state index in [1.54, 1.807) is 0 Å². The summed E-state index contributed by atoms with van der Waals surface area (Å²) in [4.78, 5) is 0. The molecule has 0 spiro atoms. The van der Waals surface area contributed by atoms with Gasteiger partial charge in [-0.15, -0.1) is 0 Å². The predicted molar refractivity (Wildman–Crippen MR) is 17.3 cm³/mol. The average Bonchev–Trinajstić information content (AvgIpc) is 0. The van der Waals surface area contributed by atoms with Crippen molar-refractivity contribution in [2.45, 2.75) is 0 Å². The fourth-order valence-corrected chi connectivity index (χ4v) is 0. The van der Waals surface area contributed by atoms with Crippen molar-refractivity contribution >= 4 is 46.7 Å². The van der Waals surface area contributed by atoms with Gasteiger partial charge in [-0.3, -0.25) is 0 Å². The molecule has 13 valence electrons. The zero-order chi connectivity index (χ0) is 0. The minimum atomic E-state index is 0. The van der Waals surface area contributed by atoms with Gasteiger partial charge in [-0.05, 0) is 0 Å². The zero-order valence-corrected chi connectivity index (χ0v) is 10.1. The molecule has 0 saturated heterocycles. The monoisotopic (exact) mass is 311 g/mol. The normalized spacial score (nSPS) is 0. The molecular weight excluding hydrogens is 311 g/mol. The fraction of sp³-hybridized carbons (Fsp3) is 0. The van der Waals surface area contributed by atoms with Crippen LogP contribution in [0.3, 0.4) is 0 Å². The molecule has 11 radical (unpaired) electrons. The van der Waals surface area contributed by atoms with Gasteiger partial charge in [-0.1, -0.05) is 0 Å². The van der Waals surface area contributed by atoms with E-state index < -0.39 is 0 Å². The van der Waals surface area contributed by atoms with Crippen molar-refractivity contribution in [2.24, 2.45) is 0 Å². The van der Waals surface area contributed by atoms with E-state index in [0.717, 1.165) is 0 Å². The van der Waals surface area contributed by atoms with Gasteiger partial charge in [-0.2, -0.15) is 0 Å². The molecule has 0 aliphatic carbocycles. The van der Waals surface area contributed by atoms with E-state index in [1.165, 1.54) is 0 Å². The van der Waals surface area contributed by atoms with Crippen molar-refractivity contribution in [1.82, 2.24) is 0 Å². The summed E-state index contributed by atoms with van der Waals surface area (Å²) < 4.78 is 0. The predicted octanol–water partition coefficient (Wildman–Crippen LogP) is -1.14. The van der Waals surface area contributed by atoms with Gasteiger partial charge in [0.1, 0.15) is 0 Å². The molecule has 0 aromatic rings. The largest absolute Gasteiger partial charge is 0 e. The van der Waals surface area contributed by atoms with E-state index in [1.807, 2.05) is 0 Å². The van der Waals surface area contributed by atoms with Gasteiger partial charge in [0.2, 0.25) is 0 Å². The maximum absolute atomic E-state index is 0. The maximum atomic E-state index is 0. The second-order valence-electron chi connectivity index (χ2n) is 0. The number of rotatable bonds is 0. The Morgan fingerprint density at radius 2 is 1.00 bits per heavy atom. The van der Waals surface area contributed by atoms with Crippen molar-refractivity contribution in [3.63, 3.8) is 0 Å². The SMILES string of the molecule is [B].[Pb].[Si].[Zn]. The molecule has 0 rings (SSSR count). The van der Waals surface area contributed by atoms with Gasteiger partial charge in [0.15, 0.2) is 0 Å². The second kappa shape index (κ2) is 21.2. The topological polar surface area (TPSA) is 0 Å². The Kier molecular flexibility index (Phi) is 215. The molecule has 0 atom stereocenters. The van der Waals surface area contributed by atoms with E-state index >= 15 is 0 Å². The van der Waals surface area contributed by atoms with Crippen molar-refractivity contribution in [2.75, 3.05) is 0 Å². The number of hydrogen-bond acceptors (Lipinski definition) is 0. The molecule has 0 aromatic heterocycles.